The van der Waals surface area contributed by atoms with Crippen molar-refractivity contribution in [1.82, 2.24) is 5.32 Å². The third-order valence-electron chi connectivity index (χ3n) is 5.53. The van der Waals surface area contributed by atoms with Gasteiger partial charge in [-0.15, -0.1) is 0 Å². The number of carbonyl (C=O) groups is 4. The van der Waals surface area contributed by atoms with Gasteiger partial charge in [-0.25, -0.2) is 14.5 Å². The zero-order chi connectivity index (χ0) is 27.2. The van der Waals surface area contributed by atoms with Crippen LogP contribution in [0.1, 0.15) is 28.4 Å². The van der Waals surface area contributed by atoms with E-state index in [9.17, 15) is 19.2 Å². The largest absolute Gasteiger partial charge is 0.493 e. The third-order valence-corrected chi connectivity index (χ3v) is 6.12. The topological polar surface area (TPSA) is 111 Å². The summed E-state index contributed by atoms with van der Waals surface area (Å²) in [5.41, 5.74) is 1.62. The Labute approximate surface area is 227 Å². The average Bonchev–Trinajstić information content (AvgIpc) is 2.91. The summed E-state index contributed by atoms with van der Waals surface area (Å²) in [5.74, 6) is -1.34. The molecule has 1 heterocycles. The summed E-state index contributed by atoms with van der Waals surface area (Å²) in [6, 6.07) is 17.7. The van der Waals surface area contributed by atoms with Crippen LogP contribution in [0.2, 0.25) is 0 Å². The number of nitrogens with zero attached hydrogens (tertiary/aromatic N) is 1. The third kappa shape index (κ3) is 5.76. The van der Waals surface area contributed by atoms with Crippen LogP contribution < -0.4 is 19.7 Å². The predicted molar refractivity (Wildman–Crippen MR) is 143 cm³/mol. The SMILES string of the molecule is CCOC(=O)c1ccc(N2C(=O)NC(=O)/C(=C\c3cc(Br)c(OCc4ccccc4)c(OC)c3)C2=O)cc1. The van der Waals surface area contributed by atoms with Gasteiger partial charge in [-0.3, -0.25) is 14.9 Å². The minimum absolute atomic E-state index is 0.183. The standard InChI is InChI=1S/C28H23BrN2O7/c1-3-37-27(34)19-9-11-20(12-10-19)31-26(33)21(25(32)30-28(31)35)13-18-14-22(29)24(23(15-18)36-2)38-16-17-7-5-4-6-8-17/h4-15H,3,16H2,1-2H3,(H,30,32,35)/b21-13+. The number of barbiturate groups is 1. The number of rotatable bonds is 8. The number of benzene rings is 3. The Bertz CT molecular complexity index is 1420. The summed E-state index contributed by atoms with van der Waals surface area (Å²) in [5, 5.41) is 2.18. The number of carbonyl (C=O) groups excluding carboxylic acids is 4. The van der Waals surface area contributed by atoms with E-state index in [0.717, 1.165) is 10.5 Å². The summed E-state index contributed by atoms with van der Waals surface area (Å²) in [6.45, 7) is 2.21. The molecule has 0 unspecified atom stereocenters. The van der Waals surface area contributed by atoms with Gasteiger partial charge in [-0.1, -0.05) is 30.3 Å². The molecule has 4 amide bonds. The molecule has 3 aromatic rings. The number of urea groups is 1. The van der Waals surface area contributed by atoms with Crippen LogP contribution in [0.4, 0.5) is 10.5 Å². The van der Waals surface area contributed by atoms with Crippen molar-refractivity contribution in [3.05, 3.63) is 93.5 Å². The zero-order valence-corrected chi connectivity index (χ0v) is 22.1. The number of esters is 1. The van der Waals surface area contributed by atoms with Crippen LogP contribution in [-0.4, -0.2) is 37.5 Å². The number of anilines is 1. The molecule has 1 saturated heterocycles. The minimum atomic E-state index is -0.899. The molecule has 1 fully saturated rings. The second kappa shape index (κ2) is 11.7. The van der Waals surface area contributed by atoms with Gasteiger partial charge in [0.25, 0.3) is 11.8 Å². The molecular formula is C28H23BrN2O7. The molecule has 10 heteroatoms. The molecule has 0 aliphatic carbocycles. The molecule has 3 aromatic carbocycles. The lowest BCUT2D eigenvalue weighted by atomic mass is 10.1. The van der Waals surface area contributed by atoms with Gasteiger partial charge < -0.3 is 14.2 Å². The minimum Gasteiger partial charge on any atom is -0.493 e. The zero-order valence-electron chi connectivity index (χ0n) is 20.5. The van der Waals surface area contributed by atoms with Crippen LogP contribution in [0.15, 0.2) is 76.8 Å². The van der Waals surface area contributed by atoms with Gasteiger partial charge in [0, 0.05) is 0 Å². The van der Waals surface area contributed by atoms with Crippen LogP contribution in [0.5, 0.6) is 11.5 Å². The summed E-state index contributed by atoms with van der Waals surface area (Å²) < 4.78 is 16.9. The van der Waals surface area contributed by atoms with Crippen molar-refractivity contribution in [2.75, 3.05) is 18.6 Å². The Kier molecular flexibility index (Phi) is 8.22. The molecule has 9 nitrogen and oxygen atoms in total. The number of methoxy groups -OCH3 is 1. The monoisotopic (exact) mass is 578 g/mol. The van der Waals surface area contributed by atoms with Gasteiger partial charge in [0.2, 0.25) is 0 Å². The fraction of sp³-hybridized carbons (Fsp3) is 0.143. The molecular weight excluding hydrogens is 556 g/mol. The first-order chi connectivity index (χ1) is 18.3. The number of nitrogens with one attached hydrogen (secondary N) is 1. The van der Waals surface area contributed by atoms with Gasteiger partial charge in [0.05, 0.1) is 29.4 Å². The van der Waals surface area contributed by atoms with E-state index in [1.54, 1.807) is 19.1 Å². The molecule has 4 rings (SSSR count). The summed E-state index contributed by atoms with van der Waals surface area (Å²) in [7, 11) is 1.48. The highest BCUT2D eigenvalue weighted by molar-refractivity contribution is 9.10. The van der Waals surface area contributed by atoms with Crippen molar-refractivity contribution in [1.29, 1.82) is 0 Å². The Morgan fingerprint density at radius 3 is 2.39 bits per heavy atom. The van der Waals surface area contributed by atoms with Crippen molar-refractivity contribution in [2.45, 2.75) is 13.5 Å². The van der Waals surface area contributed by atoms with E-state index in [0.29, 0.717) is 28.1 Å². The molecule has 0 bridgehead atoms. The van der Waals surface area contributed by atoms with Crippen LogP contribution in [0, 0.1) is 0 Å². The molecule has 1 N–H and O–H groups in total. The van der Waals surface area contributed by atoms with Gasteiger partial charge in [0.1, 0.15) is 12.2 Å². The van der Waals surface area contributed by atoms with Crippen molar-refractivity contribution >= 4 is 51.5 Å². The van der Waals surface area contributed by atoms with E-state index >= 15 is 0 Å². The Balaban J connectivity index is 1.61. The van der Waals surface area contributed by atoms with E-state index in [1.165, 1.54) is 37.5 Å². The number of halogens is 1. The van der Waals surface area contributed by atoms with Gasteiger partial charge in [-0.05, 0) is 76.5 Å². The van der Waals surface area contributed by atoms with Crippen molar-refractivity contribution in [3.8, 4) is 11.5 Å². The maximum absolute atomic E-state index is 13.3. The summed E-state index contributed by atoms with van der Waals surface area (Å²) in [4.78, 5) is 51.1. The summed E-state index contributed by atoms with van der Waals surface area (Å²) in [6.07, 6.45) is 1.36. The maximum atomic E-state index is 13.3. The van der Waals surface area contributed by atoms with Crippen LogP contribution in [-0.2, 0) is 20.9 Å². The molecule has 0 atom stereocenters. The molecule has 0 radical (unpaired) electrons. The van der Waals surface area contributed by atoms with Gasteiger partial charge in [-0.2, -0.15) is 0 Å². The molecule has 0 aromatic heterocycles. The number of hydrogen-bond donors (Lipinski definition) is 1. The Morgan fingerprint density at radius 1 is 1.03 bits per heavy atom. The fourth-order valence-corrected chi connectivity index (χ4v) is 4.29. The van der Waals surface area contributed by atoms with E-state index < -0.39 is 23.8 Å². The highest BCUT2D eigenvalue weighted by atomic mass is 79.9. The lowest BCUT2D eigenvalue weighted by Gasteiger charge is -2.26. The van der Waals surface area contributed by atoms with E-state index in [1.807, 2.05) is 30.3 Å². The normalized spacial score (nSPS) is 14.3. The first-order valence-electron chi connectivity index (χ1n) is 11.5. The first-order valence-corrected chi connectivity index (χ1v) is 12.3. The average molecular weight is 579 g/mol. The molecule has 194 valence electrons. The lowest BCUT2D eigenvalue weighted by molar-refractivity contribution is -0.122. The second-order valence-electron chi connectivity index (χ2n) is 8.03. The highest BCUT2D eigenvalue weighted by Gasteiger charge is 2.37. The number of imide groups is 2. The van der Waals surface area contributed by atoms with Crippen molar-refractivity contribution in [2.24, 2.45) is 0 Å². The van der Waals surface area contributed by atoms with Gasteiger partial charge in [0.15, 0.2) is 11.5 Å². The second-order valence-corrected chi connectivity index (χ2v) is 8.89. The van der Waals surface area contributed by atoms with Crippen molar-refractivity contribution < 1.29 is 33.4 Å². The quantitative estimate of drug-likeness (QED) is 0.230. The van der Waals surface area contributed by atoms with E-state index in [-0.39, 0.29) is 23.4 Å². The molecule has 38 heavy (non-hydrogen) atoms. The summed E-state index contributed by atoms with van der Waals surface area (Å²) >= 11 is 3.47. The Hall–Kier alpha value is -4.44. The van der Waals surface area contributed by atoms with Crippen LogP contribution >= 0.6 is 15.9 Å². The van der Waals surface area contributed by atoms with E-state index in [2.05, 4.69) is 21.2 Å². The maximum Gasteiger partial charge on any atom is 0.338 e. The Morgan fingerprint density at radius 2 is 1.74 bits per heavy atom. The van der Waals surface area contributed by atoms with Crippen molar-refractivity contribution in [3.63, 3.8) is 0 Å². The fourth-order valence-electron chi connectivity index (χ4n) is 3.71. The predicted octanol–water partition coefficient (Wildman–Crippen LogP) is 4.88. The molecule has 0 saturated carbocycles. The molecule has 0 spiro atoms. The first kappa shape index (κ1) is 26.6. The number of ether oxygens (including phenoxy) is 3. The van der Waals surface area contributed by atoms with Crippen LogP contribution in [0.25, 0.3) is 6.08 Å². The van der Waals surface area contributed by atoms with Gasteiger partial charge >= 0.3 is 12.0 Å². The number of hydrogen-bond acceptors (Lipinski definition) is 7. The van der Waals surface area contributed by atoms with Crippen LogP contribution in [0.3, 0.4) is 0 Å². The van der Waals surface area contributed by atoms with E-state index in [4.69, 9.17) is 14.2 Å². The highest BCUT2D eigenvalue weighted by Crippen LogP contribution is 2.38. The molecule has 1 aliphatic heterocycles. The smallest absolute Gasteiger partial charge is 0.338 e. The number of amides is 4. The lowest BCUT2D eigenvalue weighted by Crippen LogP contribution is -2.54. The molecule has 1 aliphatic rings.